The lowest BCUT2D eigenvalue weighted by molar-refractivity contribution is 0.585. The molecule has 6 heteroatoms. The maximum absolute atomic E-state index is 9.43. The molecule has 0 saturated carbocycles. The smallest absolute Gasteiger partial charge is 0.150 e. The van der Waals surface area contributed by atoms with Gasteiger partial charge in [0.25, 0.3) is 0 Å². The van der Waals surface area contributed by atoms with Crippen molar-refractivity contribution in [3.05, 3.63) is 11.6 Å². The number of nitrogens with zero attached hydrogens (tertiary/aromatic N) is 5. The van der Waals surface area contributed by atoms with Gasteiger partial charge in [0.2, 0.25) is 0 Å². The van der Waals surface area contributed by atoms with E-state index in [4.69, 9.17) is 0 Å². The zero-order valence-corrected chi connectivity index (χ0v) is 12.6. The van der Waals surface area contributed by atoms with Crippen molar-refractivity contribution < 1.29 is 0 Å². The number of nitriles is 1. The molecule has 0 aliphatic carbocycles. The standard InChI is InChI=1S/C14H22N6/c1-18(2)12-9-13(20-7-5-16-6-8-20)17-14(19(3)4)11(12)10-15/h9,16H,5-8H2,1-4H3. The van der Waals surface area contributed by atoms with E-state index in [0.29, 0.717) is 5.56 Å². The minimum Gasteiger partial charge on any atom is -0.376 e. The van der Waals surface area contributed by atoms with Gasteiger partial charge in [0.05, 0.1) is 5.69 Å². The van der Waals surface area contributed by atoms with Gasteiger partial charge in [-0.1, -0.05) is 0 Å². The zero-order chi connectivity index (χ0) is 14.7. The molecule has 1 aromatic rings. The molecule has 20 heavy (non-hydrogen) atoms. The van der Waals surface area contributed by atoms with Crippen LogP contribution in [0.25, 0.3) is 0 Å². The summed E-state index contributed by atoms with van der Waals surface area (Å²) in [6.07, 6.45) is 0. The number of hydrogen-bond donors (Lipinski definition) is 1. The SMILES string of the molecule is CN(C)c1cc(N2CCNCC2)nc(N(C)C)c1C#N. The summed E-state index contributed by atoms with van der Waals surface area (Å²) in [4.78, 5) is 10.8. The first-order chi connectivity index (χ1) is 9.54. The van der Waals surface area contributed by atoms with Gasteiger partial charge in [-0.05, 0) is 0 Å². The summed E-state index contributed by atoms with van der Waals surface area (Å²) in [5, 5.41) is 12.8. The number of anilines is 3. The Labute approximate surface area is 120 Å². The summed E-state index contributed by atoms with van der Waals surface area (Å²) in [5.41, 5.74) is 1.54. The van der Waals surface area contributed by atoms with E-state index >= 15 is 0 Å². The Morgan fingerprint density at radius 3 is 2.35 bits per heavy atom. The van der Waals surface area contributed by atoms with Gasteiger partial charge in [-0.2, -0.15) is 5.26 Å². The summed E-state index contributed by atoms with van der Waals surface area (Å²) in [7, 11) is 7.75. The van der Waals surface area contributed by atoms with E-state index in [1.165, 1.54) is 0 Å². The molecular weight excluding hydrogens is 252 g/mol. The third-order valence-corrected chi connectivity index (χ3v) is 3.42. The van der Waals surface area contributed by atoms with Crippen LogP contribution in [0.1, 0.15) is 5.56 Å². The van der Waals surface area contributed by atoms with E-state index in [0.717, 1.165) is 43.5 Å². The van der Waals surface area contributed by atoms with Crippen molar-refractivity contribution in [3.8, 4) is 6.07 Å². The third kappa shape index (κ3) is 2.78. The van der Waals surface area contributed by atoms with Crippen molar-refractivity contribution in [1.29, 1.82) is 5.26 Å². The van der Waals surface area contributed by atoms with Crippen LogP contribution in [0.15, 0.2) is 6.07 Å². The monoisotopic (exact) mass is 274 g/mol. The second-order valence-corrected chi connectivity index (χ2v) is 5.34. The minimum absolute atomic E-state index is 0.624. The van der Waals surface area contributed by atoms with E-state index in [2.05, 4.69) is 21.3 Å². The highest BCUT2D eigenvalue weighted by molar-refractivity contribution is 5.73. The van der Waals surface area contributed by atoms with Gasteiger partial charge in [-0.3, -0.25) is 0 Å². The van der Waals surface area contributed by atoms with Crippen molar-refractivity contribution >= 4 is 17.3 Å². The maximum atomic E-state index is 9.43. The molecule has 1 fully saturated rings. The molecule has 6 nitrogen and oxygen atoms in total. The molecule has 2 rings (SSSR count). The molecule has 2 heterocycles. The van der Waals surface area contributed by atoms with E-state index in [-0.39, 0.29) is 0 Å². The molecule has 1 N–H and O–H groups in total. The van der Waals surface area contributed by atoms with Gasteiger partial charge >= 0.3 is 0 Å². The minimum atomic E-state index is 0.624. The molecule has 1 aliphatic rings. The van der Waals surface area contributed by atoms with Gasteiger partial charge < -0.3 is 20.0 Å². The second-order valence-electron chi connectivity index (χ2n) is 5.34. The zero-order valence-electron chi connectivity index (χ0n) is 12.6. The Morgan fingerprint density at radius 1 is 1.20 bits per heavy atom. The van der Waals surface area contributed by atoms with Gasteiger partial charge in [0.15, 0.2) is 5.82 Å². The lowest BCUT2D eigenvalue weighted by Gasteiger charge is -2.30. The summed E-state index contributed by atoms with van der Waals surface area (Å²) < 4.78 is 0. The van der Waals surface area contributed by atoms with Crippen LogP contribution in [0.5, 0.6) is 0 Å². The number of hydrogen-bond acceptors (Lipinski definition) is 6. The highest BCUT2D eigenvalue weighted by Gasteiger charge is 2.19. The fraction of sp³-hybridized carbons (Fsp3) is 0.571. The van der Waals surface area contributed by atoms with Crippen LogP contribution < -0.4 is 20.0 Å². The fourth-order valence-corrected chi connectivity index (χ4v) is 2.35. The highest BCUT2D eigenvalue weighted by atomic mass is 15.3. The van der Waals surface area contributed by atoms with E-state index in [1.54, 1.807) is 0 Å². The Bertz CT molecular complexity index is 482. The van der Waals surface area contributed by atoms with Crippen molar-refractivity contribution in [2.45, 2.75) is 0 Å². The maximum Gasteiger partial charge on any atom is 0.150 e. The summed E-state index contributed by atoms with van der Waals surface area (Å²) in [6, 6.07) is 4.29. The predicted molar refractivity (Wildman–Crippen MR) is 82.7 cm³/mol. The molecule has 1 aromatic heterocycles. The predicted octanol–water partition coefficient (Wildman–Crippen LogP) is 0.495. The van der Waals surface area contributed by atoms with Crippen LogP contribution in [0.3, 0.4) is 0 Å². The Kier molecular flexibility index (Phi) is 4.30. The summed E-state index contributed by atoms with van der Waals surface area (Å²) >= 11 is 0. The first kappa shape index (κ1) is 14.4. The Morgan fingerprint density at radius 2 is 1.85 bits per heavy atom. The first-order valence-corrected chi connectivity index (χ1v) is 6.80. The Hall–Kier alpha value is -2.00. The van der Waals surface area contributed by atoms with Crippen LogP contribution in [-0.4, -0.2) is 59.4 Å². The second kappa shape index (κ2) is 5.97. The number of nitrogens with one attached hydrogen (secondary N) is 1. The molecule has 0 unspecified atom stereocenters. The summed E-state index contributed by atoms with van der Waals surface area (Å²) in [6.45, 7) is 3.82. The van der Waals surface area contributed by atoms with Gasteiger partial charge in [-0.25, -0.2) is 4.98 Å². The van der Waals surface area contributed by atoms with Crippen LogP contribution in [0.4, 0.5) is 17.3 Å². The van der Waals surface area contributed by atoms with E-state index < -0.39 is 0 Å². The molecule has 108 valence electrons. The molecule has 0 atom stereocenters. The van der Waals surface area contributed by atoms with Crippen molar-refractivity contribution in [3.63, 3.8) is 0 Å². The number of rotatable bonds is 3. The van der Waals surface area contributed by atoms with E-state index in [9.17, 15) is 5.26 Å². The van der Waals surface area contributed by atoms with Crippen LogP contribution in [0, 0.1) is 11.3 Å². The number of pyridine rings is 1. The molecule has 0 radical (unpaired) electrons. The van der Waals surface area contributed by atoms with Gasteiger partial charge in [-0.15, -0.1) is 0 Å². The number of piperazine rings is 1. The van der Waals surface area contributed by atoms with Crippen LogP contribution in [0.2, 0.25) is 0 Å². The Balaban J connectivity index is 2.51. The van der Waals surface area contributed by atoms with Crippen LogP contribution >= 0.6 is 0 Å². The molecule has 0 amide bonds. The average molecular weight is 274 g/mol. The topological polar surface area (TPSA) is 58.4 Å². The lowest BCUT2D eigenvalue weighted by Crippen LogP contribution is -2.44. The van der Waals surface area contributed by atoms with Crippen molar-refractivity contribution in [1.82, 2.24) is 10.3 Å². The average Bonchev–Trinajstić information content (AvgIpc) is 2.46. The largest absolute Gasteiger partial charge is 0.376 e. The van der Waals surface area contributed by atoms with E-state index in [1.807, 2.05) is 44.1 Å². The molecule has 1 aliphatic heterocycles. The lowest BCUT2D eigenvalue weighted by atomic mass is 10.2. The van der Waals surface area contributed by atoms with Crippen LogP contribution in [-0.2, 0) is 0 Å². The highest BCUT2D eigenvalue weighted by Crippen LogP contribution is 2.30. The van der Waals surface area contributed by atoms with Gasteiger partial charge in [0.1, 0.15) is 17.5 Å². The van der Waals surface area contributed by atoms with Gasteiger partial charge in [0, 0.05) is 60.4 Å². The molecule has 0 aromatic carbocycles. The molecule has 0 bridgehead atoms. The van der Waals surface area contributed by atoms with Crippen molar-refractivity contribution in [2.75, 3.05) is 69.1 Å². The molecule has 1 saturated heterocycles. The normalized spacial score (nSPS) is 14.8. The summed E-state index contributed by atoms with van der Waals surface area (Å²) in [5.74, 6) is 1.67. The molecule has 0 spiro atoms. The quantitative estimate of drug-likeness (QED) is 0.866. The third-order valence-electron chi connectivity index (χ3n) is 3.42. The van der Waals surface area contributed by atoms with Crippen molar-refractivity contribution in [2.24, 2.45) is 0 Å². The number of aromatic nitrogens is 1. The first-order valence-electron chi connectivity index (χ1n) is 6.80. The molecular formula is C14H22N6. The fourth-order valence-electron chi connectivity index (χ4n) is 2.35.